The van der Waals surface area contributed by atoms with Gasteiger partial charge in [-0.05, 0) is 18.4 Å². The molecule has 0 bridgehead atoms. The number of unbranched alkanes of at least 4 members (excludes halogenated alkanes) is 4. The molecule has 1 aromatic heterocycles. The number of piperazine rings is 1. The third kappa shape index (κ3) is 7.69. The maximum Gasteiger partial charge on any atom is 0.243 e. The molecule has 0 spiro atoms. The minimum Gasteiger partial charge on any atom is -0.338 e. The summed E-state index contributed by atoms with van der Waals surface area (Å²) < 4.78 is 0. The van der Waals surface area contributed by atoms with Gasteiger partial charge in [-0.3, -0.25) is 19.7 Å². The van der Waals surface area contributed by atoms with Crippen LogP contribution in [-0.2, 0) is 11.3 Å². The summed E-state index contributed by atoms with van der Waals surface area (Å²) in [7, 11) is 0. The van der Waals surface area contributed by atoms with Gasteiger partial charge in [0.25, 0.3) is 0 Å². The zero-order valence-corrected chi connectivity index (χ0v) is 18.6. The van der Waals surface area contributed by atoms with Crippen LogP contribution >= 0.6 is 0 Å². The van der Waals surface area contributed by atoms with E-state index < -0.39 is 0 Å². The second kappa shape index (κ2) is 12.9. The molecular weight excluding hydrogens is 406 g/mol. The average molecular weight is 440 g/mol. The number of benzene rings is 1. The number of amides is 1. The lowest BCUT2D eigenvalue weighted by Crippen LogP contribution is -2.46. The highest BCUT2D eigenvalue weighted by atomic mass is 16.5. The van der Waals surface area contributed by atoms with Crippen LogP contribution in [0.15, 0.2) is 42.7 Å². The highest BCUT2D eigenvalue weighted by molar-refractivity contribution is 5.95. The van der Waals surface area contributed by atoms with Gasteiger partial charge in [-0.1, -0.05) is 49.6 Å². The van der Waals surface area contributed by atoms with E-state index in [1.165, 1.54) is 5.56 Å². The predicted molar refractivity (Wildman–Crippen MR) is 123 cm³/mol. The SMILES string of the molecule is O=C(CCCCCCCC(=O)c1cnc(N2CCN(Cc3ccccc3)CC2)nc1)NO. The lowest BCUT2D eigenvalue weighted by molar-refractivity contribution is -0.129. The molecule has 172 valence electrons. The van der Waals surface area contributed by atoms with Crippen LogP contribution < -0.4 is 10.4 Å². The molecule has 32 heavy (non-hydrogen) atoms. The van der Waals surface area contributed by atoms with Gasteiger partial charge in [-0.25, -0.2) is 15.4 Å². The fourth-order valence-corrected chi connectivity index (χ4v) is 3.88. The highest BCUT2D eigenvalue weighted by Gasteiger charge is 2.19. The topological polar surface area (TPSA) is 98.7 Å². The van der Waals surface area contributed by atoms with Crippen molar-refractivity contribution in [3.8, 4) is 0 Å². The Morgan fingerprint density at radius 3 is 2.16 bits per heavy atom. The third-order valence-electron chi connectivity index (χ3n) is 5.80. The standard InChI is InChI=1S/C24H33N5O3/c30-22(11-7-2-1-3-8-12-23(31)27-32)21-17-25-24(26-18-21)29-15-13-28(14-16-29)19-20-9-5-4-6-10-20/h4-6,9-10,17-18,32H,1-3,7-8,11-16,19H2,(H,27,31). The molecule has 1 fully saturated rings. The first-order chi connectivity index (χ1) is 15.7. The molecule has 1 amide bonds. The molecule has 1 saturated heterocycles. The van der Waals surface area contributed by atoms with Crippen LogP contribution in [0.2, 0.25) is 0 Å². The zero-order valence-electron chi connectivity index (χ0n) is 18.6. The number of aromatic nitrogens is 2. The van der Waals surface area contributed by atoms with Gasteiger partial charge in [0.1, 0.15) is 0 Å². The summed E-state index contributed by atoms with van der Waals surface area (Å²) in [6, 6.07) is 10.5. The molecule has 2 N–H and O–H groups in total. The van der Waals surface area contributed by atoms with E-state index in [-0.39, 0.29) is 11.7 Å². The van der Waals surface area contributed by atoms with Crippen molar-refractivity contribution in [1.29, 1.82) is 0 Å². The fourth-order valence-electron chi connectivity index (χ4n) is 3.88. The van der Waals surface area contributed by atoms with Crippen LogP contribution in [0.1, 0.15) is 60.9 Å². The number of rotatable bonds is 12. The molecule has 0 unspecified atom stereocenters. The monoisotopic (exact) mass is 439 g/mol. The molecule has 1 aromatic carbocycles. The van der Waals surface area contributed by atoms with Crippen molar-refractivity contribution in [3.05, 3.63) is 53.9 Å². The molecule has 0 atom stereocenters. The van der Waals surface area contributed by atoms with Crippen LogP contribution in [0.25, 0.3) is 0 Å². The molecule has 0 radical (unpaired) electrons. The molecule has 0 aliphatic carbocycles. The van der Waals surface area contributed by atoms with E-state index in [1.807, 2.05) is 6.07 Å². The quantitative estimate of drug-likeness (QED) is 0.227. The summed E-state index contributed by atoms with van der Waals surface area (Å²) in [6.45, 7) is 4.63. The molecule has 2 aromatic rings. The number of ketones is 1. The van der Waals surface area contributed by atoms with E-state index >= 15 is 0 Å². The van der Waals surface area contributed by atoms with Crippen LogP contribution in [0, 0.1) is 0 Å². The first kappa shape index (κ1) is 23.8. The van der Waals surface area contributed by atoms with Gasteiger partial charge in [0.05, 0.1) is 5.56 Å². The average Bonchev–Trinajstić information content (AvgIpc) is 2.84. The van der Waals surface area contributed by atoms with Gasteiger partial charge in [0.2, 0.25) is 11.9 Å². The molecule has 3 rings (SSSR count). The van der Waals surface area contributed by atoms with E-state index in [0.717, 1.165) is 64.8 Å². The second-order valence-electron chi connectivity index (χ2n) is 8.25. The summed E-state index contributed by atoms with van der Waals surface area (Å²) >= 11 is 0. The predicted octanol–water partition coefficient (Wildman–Crippen LogP) is 3.22. The maximum atomic E-state index is 12.4. The number of nitrogens with zero attached hydrogens (tertiary/aromatic N) is 4. The summed E-state index contributed by atoms with van der Waals surface area (Å²) in [5, 5.41) is 8.44. The molecule has 1 aliphatic heterocycles. The summed E-state index contributed by atoms with van der Waals surface area (Å²) in [5.74, 6) is 0.411. The van der Waals surface area contributed by atoms with Crippen LogP contribution in [0.3, 0.4) is 0 Å². The van der Waals surface area contributed by atoms with Crippen molar-refractivity contribution in [1.82, 2.24) is 20.3 Å². The number of hydrogen-bond acceptors (Lipinski definition) is 7. The van der Waals surface area contributed by atoms with Crippen LogP contribution in [0.5, 0.6) is 0 Å². The normalized spacial score (nSPS) is 14.3. The van der Waals surface area contributed by atoms with Gasteiger partial charge >= 0.3 is 0 Å². The number of Topliss-reactive ketones (excluding diaryl/α,β-unsaturated/α-hetero) is 1. The second-order valence-corrected chi connectivity index (χ2v) is 8.25. The Kier molecular flexibility index (Phi) is 9.59. The Balaban J connectivity index is 1.34. The van der Waals surface area contributed by atoms with Crippen molar-refractivity contribution >= 4 is 17.6 Å². The number of carbonyl (C=O) groups excluding carboxylic acids is 2. The van der Waals surface area contributed by atoms with Gasteiger partial charge in [-0.2, -0.15) is 0 Å². The summed E-state index contributed by atoms with van der Waals surface area (Å²) in [6.07, 6.45) is 8.50. The van der Waals surface area contributed by atoms with Crippen molar-refractivity contribution in [2.75, 3.05) is 31.1 Å². The molecular formula is C24H33N5O3. The zero-order chi connectivity index (χ0) is 22.6. The largest absolute Gasteiger partial charge is 0.338 e. The summed E-state index contributed by atoms with van der Waals surface area (Å²) in [5.41, 5.74) is 3.53. The first-order valence-corrected chi connectivity index (χ1v) is 11.4. The Morgan fingerprint density at radius 2 is 1.50 bits per heavy atom. The maximum absolute atomic E-state index is 12.4. The lowest BCUT2D eigenvalue weighted by atomic mass is 10.1. The Labute approximate surface area is 189 Å². The van der Waals surface area contributed by atoms with Gasteiger partial charge in [0.15, 0.2) is 5.78 Å². The van der Waals surface area contributed by atoms with E-state index in [0.29, 0.717) is 24.4 Å². The minimum atomic E-state index is -0.349. The van der Waals surface area contributed by atoms with E-state index in [4.69, 9.17) is 5.21 Å². The number of nitrogens with one attached hydrogen (secondary N) is 1. The molecule has 2 heterocycles. The molecule has 1 aliphatic rings. The first-order valence-electron chi connectivity index (χ1n) is 11.4. The van der Waals surface area contributed by atoms with E-state index in [9.17, 15) is 9.59 Å². The third-order valence-corrected chi connectivity index (χ3v) is 5.80. The Bertz CT molecular complexity index is 836. The number of anilines is 1. The number of carbonyl (C=O) groups is 2. The van der Waals surface area contributed by atoms with Gasteiger partial charge in [-0.15, -0.1) is 0 Å². The van der Waals surface area contributed by atoms with Crippen molar-refractivity contribution < 1.29 is 14.8 Å². The molecule has 8 nitrogen and oxygen atoms in total. The van der Waals surface area contributed by atoms with Crippen molar-refractivity contribution in [2.45, 2.75) is 51.5 Å². The van der Waals surface area contributed by atoms with Gasteiger partial charge < -0.3 is 4.90 Å². The van der Waals surface area contributed by atoms with Crippen molar-refractivity contribution in [3.63, 3.8) is 0 Å². The molecule has 8 heteroatoms. The van der Waals surface area contributed by atoms with Crippen LogP contribution in [0.4, 0.5) is 5.95 Å². The van der Waals surface area contributed by atoms with Gasteiger partial charge in [0, 0.05) is 58.0 Å². The number of hydroxylamine groups is 1. The smallest absolute Gasteiger partial charge is 0.243 e. The van der Waals surface area contributed by atoms with Crippen molar-refractivity contribution in [2.24, 2.45) is 0 Å². The van der Waals surface area contributed by atoms with E-state index in [1.54, 1.807) is 17.9 Å². The minimum absolute atomic E-state index is 0.0730. The Hall–Kier alpha value is -2.84. The number of hydrogen-bond donors (Lipinski definition) is 2. The Morgan fingerprint density at radius 1 is 0.875 bits per heavy atom. The molecule has 0 saturated carbocycles. The lowest BCUT2D eigenvalue weighted by Gasteiger charge is -2.34. The fraction of sp³-hybridized carbons (Fsp3) is 0.500. The van der Waals surface area contributed by atoms with E-state index in [2.05, 4.69) is 44.0 Å². The van der Waals surface area contributed by atoms with Crippen LogP contribution in [-0.4, -0.2) is 57.9 Å². The summed E-state index contributed by atoms with van der Waals surface area (Å²) in [4.78, 5) is 36.8. The highest BCUT2D eigenvalue weighted by Crippen LogP contribution is 2.15.